The lowest BCUT2D eigenvalue weighted by molar-refractivity contribution is 0.230. The first-order valence-corrected chi connectivity index (χ1v) is 5.63. The molecular weight excluding hydrogens is 192 g/mol. The second-order valence-corrected chi connectivity index (χ2v) is 4.17. The van der Waals surface area contributed by atoms with Crippen LogP contribution < -0.4 is 0 Å². The van der Waals surface area contributed by atoms with Gasteiger partial charge in [-0.1, -0.05) is 6.92 Å². The highest BCUT2D eigenvalue weighted by Crippen LogP contribution is 2.16. The molecule has 84 valence electrons. The van der Waals surface area contributed by atoms with Crippen LogP contribution in [0.25, 0.3) is 0 Å². The van der Waals surface area contributed by atoms with E-state index < -0.39 is 0 Å². The molecule has 0 amide bonds. The predicted octanol–water partition coefficient (Wildman–Crippen LogP) is 1.65. The highest BCUT2D eigenvalue weighted by Gasteiger charge is 2.21. The Balaban J connectivity index is 1.75. The van der Waals surface area contributed by atoms with Gasteiger partial charge in [-0.3, -0.25) is 9.98 Å². The molecule has 2 heterocycles. The predicted molar refractivity (Wildman–Crippen MR) is 59.5 cm³/mol. The summed E-state index contributed by atoms with van der Waals surface area (Å²) in [5.41, 5.74) is 0. The molecule has 2 atom stereocenters. The van der Waals surface area contributed by atoms with Crippen LogP contribution >= 0.6 is 0 Å². The van der Waals surface area contributed by atoms with Crippen LogP contribution in [0.15, 0.2) is 9.98 Å². The maximum Gasteiger partial charge on any atom is 0.186 e. The van der Waals surface area contributed by atoms with Gasteiger partial charge < -0.3 is 9.47 Å². The number of hydrogen-bond donors (Lipinski definition) is 0. The lowest BCUT2D eigenvalue weighted by Crippen LogP contribution is -2.16. The van der Waals surface area contributed by atoms with Gasteiger partial charge in [0.1, 0.15) is 12.7 Å². The zero-order chi connectivity index (χ0) is 10.7. The van der Waals surface area contributed by atoms with Crippen molar-refractivity contribution < 1.29 is 9.47 Å². The first-order valence-electron chi connectivity index (χ1n) is 5.63. The minimum absolute atomic E-state index is 0.252. The summed E-state index contributed by atoms with van der Waals surface area (Å²) in [4.78, 5) is 8.64. The van der Waals surface area contributed by atoms with Crippen molar-refractivity contribution in [3.05, 3.63) is 0 Å². The van der Waals surface area contributed by atoms with Gasteiger partial charge in [-0.25, -0.2) is 0 Å². The third kappa shape index (κ3) is 2.70. The van der Waals surface area contributed by atoms with Crippen molar-refractivity contribution in [1.29, 1.82) is 0 Å². The average molecular weight is 210 g/mol. The number of hydrogen-bond acceptors (Lipinski definition) is 4. The molecule has 2 aliphatic rings. The molecule has 0 bridgehead atoms. The van der Waals surface area contributed by atoms with Crippen molar-refractivity contribution >= 4 is 11.8 Å². The van der Waals surface area contributed by atoms with E-state index in [0.717, 1.165) is 44.3 Å². The summed E-state index contributed by atoms with van der Waals surface area (Å²) in [6.45, 7) is 6.56. The van der Waals surface area contributed by atoms with Gasteiger partial charge in [0.2, 0.25) is 0 Å². The highest BCUT2D eigenvalue weighted by atomic mass is 16.5. The van der Waals surface area contributed by atoms with E-state index in [9.17, 15) is 0 Å². The molecule has 0 aromatic carbocycles. The average Bonchev–Trinajstić information content (AvgIpc) is 2.84. The molecule has 0 aliphatic carbocycles. The molecule has 0 fully saturated rings. The molecule has 0 N–H and O–H groups in total. The van der Waals surface area contributed by atoms with E-state index in [1.807, 2.05) is 6.92 Å². The summed E-state index contributed by atoms with van der Waals surface area (Å²) >= 11 is 0. The van der Waals surface area contributed by atoms with E-state index in [1.54, 1.807) is 0 Å². The summed E-state index contributed by atoms with van der Waals surface area (Å²) in [6.07, 6.45) is 2.16. The van der Waals surface area contributed by atoms with Crippen LogP contribution in [0.4, 0.5) is 0 Å². The summed E-state index contributed by atoms with van der Waals surface area (Å²) in [6, 6.07) is 0. The zero-order valence-electron chi connectivity index (χ0n) is 9.40. The largest absolute Gasteiger partial charge is 0.479 e. The molecule has 0 saturated heterocycles. The van der Waals surface area contributed by atoms with E-state index >= 15 is 0 Å². The Labute approximate surface area is 90.4 Å². The quantitative estimate of drug-likeness (QED) is 0.708. The van der Waals surface area contributed by atoms with Gasteiger partial charge in [0, 0.05) is 12.3 Å². The molecule has 0 aromatic rings. The molecule has 2 aliphatic heterocycles. The van der Waals surface area contributed by atoms with E-state index in [1.165, 1.54) is 0 Å². The van der Waals surface area contributed by atoms with Crippen LogP contribution in [0, 0.1) is 5.92 Å². The molecular formula is C11H18N2O2. The van der Waals surface area contributed by atoms with Crippen molar-refractivity contribution in [3.8, 4) is 0 Å². The Bertz CT molecular complexity index is 286. The normalized spacial score (nSPS) is 26.7. The van der Waals surface area contributed by atoms with Crippen molar-refractivity contribution in [2.75, 3.05) is 19.7 Å². The second kappa shape index (κ2) is 4.64. The monoisotopic (exact) mass is 210 g/mol. The van der Waals surface area contributed by atoms with Gasteiger partial charge in [-0.15, -0.1) is 0 Å². The van der Waals surface area contributed by atoms with Gasteiger partial charge in [0.25, 0.3) is 0 Å². The van der Waals surface area contributed by atoms with Crippen LogP contribution in [0.5, 0.6) is 0 Å². The first kappa shape index (κ1) is 10.5. The molecule has 15 heavy (non-hydrogen) atoms. The fourth-order valence-electron chi connectivity index (χ4n) is 1.77. The van der Waals surface area contributed by atoms with Gasteiger partial charge >= 0.3 is 0 Å². The minimum Gasteiger partial charge on any atom is -0.479 e. The van der Waals surface area contributed by atoms with Crippen LogP contribution in [0.2, 0.25) is 0 Å². The van der Waals surface area contributed by atoms with Crippen LogP contribution in [-0.4, -0.2) is 37.6 Å². The van der Waals surface area contributed by atoms with Gasteiger partial charge in [0.05, 0.1) is 13.1 Å². The lowest BCUT2D eigenvalue weighted by Gasteiger charge is -2.12. The standard InChI is InChI=1S/C11H18N2O2/c1-8(11-13-7-9(2)15-11)3-4-10-12-5-6-14-10/h8-9H,3-7H2,1-2H3. The summed E-state index contributed by atoms with van der Waals surface area (Å²) in [5.74, 6) is 2.18. The van der Waals surface area contributed by atoms with Crippen molar-refractivity contribution in [2.45, 2.75) is 32.8 Å². The Morgan fingerprint density at radius 1 is 1.47 bits per heavy atom. The van der Waals surface area contributed by atoms with Crippen LogP contribution in [-0.2, 0) is 9.47 Å². The van der Waals surface area contributed by atoms with E-state index in [2.05, 4.69) is 16.9 Å². The number of rotatable bonds is 4. The smallest absolute Gasteiger partial charge is 0.186 e. The SMILES string of the molecule is CC1CN=C(C(C)CCC2=NCCO2)O1. The fraction of sp³-hybridized carbons (Fsp3) is 0.818. The third-order valence-electron chi connectivity index (χ3n) is 2.69. The van der Waals surface area contributed by atoms with Crippen LogP contribution in [0.1, 0.15) is 26.7 Å². The topological polar surface area (TPSA) is 43.2 Å². The number of nitrogens with zero attached hydrogens (tertiary/aromatic N) is 2. The minimum atomic E-state index is 0.252. The van der Waals surface area contributed by atoms with E-state index in [0.29, 0.717) is 5.92 Å². The van der Waals surface area contributed by atoms with Crippen molar-refractivity contribution in [2.24, 2.45) is 15.9 Å². The van der Waals surface area contributed by atoms with Gasteiger partial charge in [0.15, 0.2) is 11.8 Å². The Morgan fingerprint density at radius 3 is 2.93 bits per heavy atom. The van der Waals surface area contributed by atoms with Gasteiger partial charge in [-0.05, 0) is 13.3 Å². The maximum atomic E-state index is 5.61. The molecule has 2 rings (SSSR count). The molecule has 2 unspecified atom stereocenters. The highest BCUT2D eigenvalue weighted by molar-refractivity contribution is 5.81. The Hall–Kier alpha value is -1.06. The molecule has 4 nitrogen and oxygen atoms in total. The van der Waals surface area contributed by atoms with Crippen molar-refractivity contribution in [1.82, 2.24) is 0 Å². The Kier molecular flexibility index (Phi) is 3.23. The molecule has 4 heteroatoms. The fourth-order valence-corrected chi connectivity index (χ4v) is 1.77. The van der Waals surface area contributed by atoms with Crippen molar-refractivity contribution in [3.63, 3.8) is 0 Å². The maximum absolute atomic E-state index is 5.61. The van der Waals surface area contributed by atoms with Gasteiger partial charge in [-0.2, -0.15) is 0 Å². The van der Waals surface area contributed by atoms with E-state index in [-0.39, 0.29) is 6.10 Å². The lowest BCUT2D eigenvalue weighted by atomic mass is 10.1. The summed E-state index contributed by atoms with van der Waals surface area (Å²) in [7, 11) is 0. The molecule has 0 spiro atoms. The number of aliphatic imine (C=N–C) groups is 2. The summed E-state index contributed by atoms with van der Waals surface area (Å²) in [5, 5.41) is 0. The molecule has 0 saturated carbocycles. The first-order chi connectivity index (χ1) is 7.25. The summed E-state index contributed by atoms with van der Waals surface area (Å²) < 4.78 is 11.0. The zero-order valence-corrected chi connectivity index (χ0v) is 9.40. The van der Waals surface area contributed by atoms with E-state index in [4.69, 9.17) is 9.47 Å². The number of ether oxygens (including phenoxy) is 2. The Morgan fingerprint density at radius 2 is 2.33 bits per heavy atom. The second-order valence-electron chi connectivity index (χ2n) is 4.17. The molecule has 0 radical (unpaired) electrons. The third-order valence-corrected chi connectivity index (χ3v) is 2.69. The van der Waals surface area contributed by atoms with Crippen LogP contribution in [0.3, 0.4) is 0 Å². The molecule has 0 aromatic heterocycles.